The maximum absolute atomic E-state index is 7.51. The molecule has 3 heterocycles. The number of hydrogen-bond donors (Lipinski definition) is 0. The van der Waals surface area contributed by atoms with Crippen LogP contribution in [0.5, 0.6) is 11.5 Å². The molecule has 2 nitrogen and oxygen atoms in total. The van der Waals surface area contributed by atoms with Crippen molar-refractivity contribution in [2.24, 2.45) is 0 Å². The average molecular weight is 1080 g/mol. The van der Waals surface area contributed by atoms with Gasteiger partial charge in [-0.05, 0) is 178 Å². The lowest BCUT2D eigenvalue weighted by molar-refractivity contribution is 0.302. The summed E-state index contributed by atoms with van der Waals surface area (Å²) in [5.41, 5.74) is 27.3. The quantitative estimate of drug-likeness (QED) is 0.154. The van der Waals surface area contributed by atoms with Crippen LogP contribution < -0.4 is 26.0 Å². The van der Waals surface area contributed by atoms with Crippen LogP contribution in [0.2, 0.25) is 0 Å². The van der Waals surface area contributed by atoms with Crippen LogP contribution in [0.1, 0.15) is 179 Å². The lowest BCUT2D eigenvalue weighted by Gasteiger charge is -2.44. The van der Waals surface area contributed by atoms with E-state index < -0.39 is 0 Å². The van der Waals surface area contributed by atoms with Crippen molar-refractivity contribution in [3.05, 3.63) is 215 Å². The van der Waals surface area contributed by atoms with Crippen LogP contribution in [0.25, 0.3) is 55.6 Å². The number of rotatable bonds is 6. The first-order valence-electron chi connectivity index (χ1n) is 31.5. The molecule has 0 N–H and O–H groups in total. The van der Waals surface area contributed by atoms with E-state index in [1.165, 1.54) is 181 Å². The number of nitrogens with zero attached hydrogens (tertiary/aromatic N) is 1. The molecule has 0 radical (unpaired) electrons. The van der Waals surface area contributed by atoms with Gasteiger partial charge in [-0.1, -0.05) is 265 Å². The first-order valence-corrected chi connectivity index (χ1v) is 31.5. The van der Waals surface area contributed by atoms with Crippen molar-refractivity contribution in [3.63, 3.8) is 0 Å². The summed E-state index contributed by atoms with van der Waals surface area (Å²) in [6.45, 7) is 24.0. The van der Waals surface area contributed by atoms with Crippen LogP contribution in [-0.4, -0.2) is 6.71 Å². The fraction of sp³-hybridized carbons (Fsp3) is 0.325. The van der Waals surface area contributed by atoms with Crippen LogP contribution in [0.15, 0.2) is 182 Å². The number of ether oxygens (including phenoxy) is 1. The van der Waals surface area contributed by atoms with Gasteiger partial charge in [0.1, 0.15) is 11.5 Å². The number of hydrogen-bond acceptors (Lipinski definition) is 2. The van der Waals surface area contributed by atoms with Gasteiger partial charge in [-0.25, -0.2) is 0 Å². The van der Waals surface area contributed by atoms with E-state index in [0.29, 0.717) is 11.8 Å². The maximum atomic E-state index is 7.51. The molecule has 8 bridgehead atoms. The van der Waals surface area contributed by atoms with Crippen LogP contribution >= 0.6 is 0 Å². The van der Waals surface area contributed by atoms with Crippen molar-refractivity contribution in [1.29, 1.82) is 0 Å². The summed E-state index contributed by atoms with van der Waals surface area (Å²) in [7, 11) is 0. The highest BCUT2D eigenvalue weighted by Crippen LogP contribution is 2.53. The zero-order valence-electron chi connectivity index (χ0n) is 51.0. The Morgan fingerprint density at radius 3 is 1.43 bits per heavy atom. The Balaban J connectivity index is 1.10. The molecule has 0 amide bonds. The summed E-state index contributed by atoms with van der Waals surface area (Å²) >= 11 is 0. The molecule has 9 aromatic carbocycles. The molecule has 2 aliphatic carbocycles. The third kappa shape index (κ3) is 9.31. The number of anilines is 3. The van der Waals surface area contributed by atoms with Crippen molar-refractivity contribution in [2.45, 2.75) is 167 Å². The zero-order valence-corrected chi connectivity index (χ0v) is 51.0. The van der Waals surface area contributed by atoms with E-state index in [0.717, 1.165) is 17.1 Å². The molecular formula is C80H82BNO. The summed E-state index contributed by atoms with van der Waals surface area (Å²) in [6.07, 6.45) is 12.9. The Morgan fingerprint density at radius 1 is 0.398 bits per heavy atom. The summed E-state index contributed by atoms with van der Waals surface area (Å²) in [4.78, 5) is 2.69. The van der Waals surface area contributed by atoms with E-state index in [9.17, 15) is 0 Å². The lowest BCUT2D eigenvalue weighted by atomic mass is 9.34. The fourth-order valence-electron chi connectivity index (χ4n) is 15.1. The van der Waals surface area contributed by atoms with Gasteiger partial charge in [-0.15, -0.1) is 0 Å². The molecule has 0 saturated heterocycles. The molecule has 0 spiro atoms. The third-order valence-corrected chi connectivity index (χ3v) is 21.0. The zero-order chi connectivity index (χ0) is 57.2. The summed E-state index contributed by atoms with van der Waals surface area (Å²) in [5, 5.41) is 0. The fourth-order valence-corrected chi connectivity index (χ4v) is 15.1. The largest absolute Gasteiger partial charge is 0.458 e. The molecule has 0 atom stereocenters. The Bertz CT molecular complexity index is 3920. The minimum Gasteiger partial charge on any atom is -0.458 e. The molecule has 83 heavy (non-hydrogen) atoms. The van der Waals surface area contributed by atoms with Crippen LogP contribution in [-0.2, 0) is 21.7 Å². The van der Waals surface area contributed by atoms with Crippen molar-refractivity contribution >= 4 is 40.2 Å². The minimum absolute atomic E-state index is 0.0702. The number of para-hydroxylation sites is 1. The van der Waals surface area contributed by atoms with Crippen molar-refractivity contribution in [3.8, 4) is 67.1 Å². The van der Waals surface area contributed by atoms with E-state index in [1.54, 1.807) is 0 Å². The van der Waals surface area contributed by atoms with E-state index in [-0.39, 0.29) is 28.4 Å². The van der Waals surface area contributed by atoms with Gasteiger partial charge in [0.2, 0.25) is 0 Å². The predicted octanol–water partition coefficient (Wildman–Crippen LogP) is 20.7. The highest BCUT2D eigenvalue weighted by molar-refractivity contribution is 6.99. The van der Waals surface area contributed by atoms with Gasteiger partial charge >= 0.3 is 0 Å². The molecule has 416 valence electrons. The minimum atomic E-state index is -0.261. The first-order chi connectivity index (χ1) is 39.9. The van der Waals surface area contributed by atoms with Gasteiger partial charge < -0.3 is 9.64 Å². The molecule has 0 aromatic heterocycles. The second kappa shape index (κ2) is 20.2. The summed E-state index contributed by atoms with van der Waals surface area (Å²) in [6, 6.07) is 72.0. The monoisotopic (exact) mass is 1080 g/mol. The molecule has 9 aromatic rings. The van der Waals surface area contributed by atoms with Crippen molar-refractivity contribution < 1.29 is 4.74 Å². The molecular weight excluding hydrogens is 1000 g/mol. The number of fused-ring (bicyclic) bond motifs is 8. The summed E-state index contributed by atoms with van der Waals surface area (Å²) < 4.78 is 7.51. The van der Waals surface area contributed by atoms with E-state index >= 15 is 0 Å². The first kappa shape index (κ1) is 53.6. The summed E-state index contributed by atoms with van der Waals surface area (Å²) in [5.74, 6) is 2.99. The van der Waals surface area contributed by atoms with Crippen LogP contribution in [0.4, 0.5) is 17.1 Å². The molecule has 14 rings (SSSR count). The van der Waals surface area contributed by atoms with Crippen molar-refractivity contribution in [2.75, 3.05) is 4.90 Å². The van der Waals surface area contributed by atoms with E-state index in [2.05, 4.69) is 256 Å². The van der Waals surface area contributed by atoms with Gasteiger partial charge in [0.15, 0.2) is 0 Å². The Hall–Kier alpha value is -7.36. The van der Waals surface area contributed by atoms with Gasteiger partial charge in [0, 0.05) is 22.5 Å². The van der Waals surface area contributed by atoms with Gasteiger partial charge in [-0.2, -0.15) is 0 Å². The van der Waals surface area contributed by atoms with Crippen LogP contribution in [0.3, 0.4) is 0 Å². The van der Waals surface area contributed by atoms with Crippen molar-refractivity contribution in [1.82, 2.24) is 0 Å². The third-order valence-electron chi connectivity index (χ3n) is 21.0. The second-order valence-corrected chi connectivity index (χ2v) is 28.6. The van der Waals surface area contributed by atoms with E-state index in [4.69, 9.17) is 4.74 Å². The highest BCUT2D eigenvalue weighted by atomic mass is 16.5. The predicted molar refractivity (Wildman–Crippen MR) is 355 cm³/mol. The molecule has 3 aliphatic heterocycles. The van der Waals surface area contributed by atoms with Gasteiger partial charge in [0.05, 0.1) is 5.69 Å². The topological polar surface area (TPSA) is 12.5 Å². The van der Waals surface area contributed by atoms with Gasteiger partial charge in [-0.3, -0.25) is 0 Å². The molecule has 2 fully saturated rings. The Morgan fingerprint density at radius 2 is 0.892 bits per heavy atom. The highest BCUT2D eigenvalue weighted by Gasteiger charge is 2.45. The Labute approximate surface area is 496 Å². The lowest BCUT2D eigenvalue weighted by Crippen LogP contribution is -2.59. The smallest absolute Gasteiger partial charge is 0.256 e. The molecule has 3 heteroatoms. The molecule has 0 unspecified atom stereocenters. The maximum Gasteiger partial charge on any atom is 0.256 e. The second-order valence-electron chi connectivity index (χ2n) is 28.6. The number of benzene rings is 9. The Kier molecular flexibility index (Phi) is 13.0. The standard InChI is InChI=1S/C80H82BNO/c1-77(2,3)63-41-60-43-65(49-63)79(7,8)80(9,10)66-44-61(42-64(50-66)78(4,5)6)57-36-38-73-70(46-57)81-69-45-56(60)35-37-71(69)82(72-47-62(48-74(83-73)75(72)81)53-27-18-13-19-28-53)76-67(58-31-20-29-54(39-58)51-23-14-11-15-24-51)33-22-34-68(76)59-32-21-30-55(40-59)52-25-16-12-17-26-52/h13,18-22,27-52H,11-12,14-17,23-26H2,1-10H3. The normalized spacial score (nSPS) is 17.2. The molecule has 5 aliphatic rings. The van der Waals surface area contributed by atoms with Crippen LogP contribution in [0, 0.1) is 0 Å². The average Bonchev–Trinajstić information content (AvgIpc) is 1.29. The van der Waals surface area contributed by atoms with E-state index in [1.807, 2.05) is 0 Å². The SMILES string of the molecule is CC(C)(C)c1cc2cc(c1)C(C)(C)C(C)(C)c1cc(cc(C(C)(C)C)c1)-c1ccc3c(c1)B1c4cc-2ccc4Oc2cc(-c4ccccc4)cc(c21)N3c1c(-c2cccc(C3CCCCC3)c2)cccc1-c1cccc(C2CCCCC2)c1. The molecule has 2 saturated carbocycles. The van der Waals surface area contributed by atoms with Gasteiger partial charge in [0.25, 0.3) is 6.71 Å².